The summed E-state index contributed by atoms with van der Waals surface area (Å²) in [6.45, 7) is 0.509. The maximum absolute atomic E-state index is 11.7. The molecular formula is C13H17NO2S. The molecule has 2 N–H and O–H groups in total. The highest BCUT2D eigenvalue weighted by molar-refractivity contribution is 7.92. The van der Waals surface area contributed by atoms with E-state index in [1.165, 1.54) is 6.26 Å². The summed E-state index contributed by atoms with van der Waals surface area (Å²) in [5.74, 6) is 0. The van der Waals surface area contributed by atoms with E-state index in [0.717, 1.165) is 24.0 Å². The van der Waals surface area contributed by atoms with Crippen molar-refractivity contribution in [3.8, 4) is 0 Å². The molecule has 0 atom stereocenters. The van der Waals surface area contributed by atoms with Gasteiger partial charge >= 0.3 is 0 Å². The maximum atomic E-state index is 11.7. The third-order valence-corrected chi connectivity index (χ3v) is 5.36. The third kappa shape index (κ3) is 2.28. The Morgan fingerprint density at radius 3 is 2.29 bits per heavy atom. The molecule has 0 unspecified atom stereocenters. The first-order valence-corrected chi connectivity index (χ1v) is 7.55. The number of sulfone groups is 1. The Kier molecular flexibility index (Phi) is 3.10. The average molecular weight is 251 g/mol. The predicted molar refractivity (Wildman–Crippen MR) is 70.3 cm³/mol. The minimum absolute atomic E-state index is 0.509. The molecule has 1 aliphatic carbocycles. The van der Waals surface area contributed by atoms with E-state index in [9.17, 15) is 8.42 Å². The molecule has 1 aromatic carbocycles. The Labute approximate surface area is 102 Å². The molecule has 17 heavy (non-hydrogen) atoms. The van der Waals surface area contributed by atoms with Crippen LogP contribution < -0.4 is 5.73 Å². The Hall–Kier alpha value is -1.13. The summed E-state index contributed by atoms with van der Waals surface area (Å²) in [7, 11) is -3.01. The molecule has 0 heterocycles. The highest BCUT2D eigenvalue weighted by Gasteiger charge is 2.53. The first-order chi connectivity index (χ1) is 7.99. The van der Waals surface area contributed by atoms with Crippen LogP contribution in [-0.4, -0.2) is 21.2 Å². The Balaban J connectivity index is 2.28. The van der Waals surface area contributed by atoms with E-state index < -0.39 is 14.6 Å². The van der Waals surface area contributed by atoms with Crippen LogP contribution in [0.25, 0.3) is 6.08 Å². The minimum Gasteiger partial charge on any atom is -0.327 e. The molecule has 3 nitrogen and oxygen atoms in total. The number of rotatable bonds is 4. The zero-order valence-corrected chi connectivity index (χ0v) is 10.7. The number of hydrogen-bond acceptors (Lipinski definition) is 3. The summed E-state index contributed by atoms with van der Waals surface area (Å²) in [5, 5.41) is 0. The molecule has 0 saturated heterocycles. The van der Waals surface area contributed by atoms with Crippen LogP contribution in [0.1, 0.15) is 24.0 Å². The lowest BCUT2D eigenvalue weighted by atomic mass is 10.1. The van der Waals surface area contributed by atoms with Crippen LogP contribution in [0.3, 0.4) is 0 Å². The standard InChI is InChI=1S/C13H17NO2S/c1-17(15,16)13(8-9-13)12-6-4-11(5-7-12)3-2-10-14/h2-7H,8-10,14H2,1H3/b3-2+. The summed E-state index contributed by atoms with van der Waals surface area (Å²) in [4.78, 5) is 0. The molecule has 2 rings (SSSR count). The predicted octanol–water partition coefficient (Wildman–Crippen LogP) is 1.69. The van der Waals surface area contributed by atoms with Gasteiger partial charge < -0.3 is 5.73 Å². The SMILES string of the molecule is CS(=O)(=O)C1(c2ccc(/C=C/CN)cc2)CC1. The van der Waals surface area contributed by atoms with Crippen molar-refractivity contribution in [2.24, 2.45) is 5.73 Å². The molecule has 1 aliphatic rings. The van der Waals surface area contributed by atoms with Gasteiger partial charge in [-0.3, -0.25) is 0 Å². The van der Waals surface area contributed by atoms with Gasteiger partial charge in [0.1, 0.15) is 0 Å². The number of hydrogen-bond donors (Lipinski definition) is 1. The van der Waals surface area contributed by atoms with Crippen LogP contribution in [-0.2, 0) is 14.6 Å². The largest absolute Gasteiger partial charge is 0.327 e. The Bertz CT molecular complexity index is 525. The fourth-order valence-corrected chi connectivity index (χ4v) is 3.50. The van der Waals surface area contributed by atoms with Crippen LogP contribution in [0.2, 0.25) is 0 Å². The molecule has 0 bridgehead atoms. The van der Waals surface area contributed by atoms with Crippen molar-refractivity contribution in [2.75, 3.05) is 12.8 Å². The van der Waals surface area contributed by atoms with Gasteiger partial charge in [-0.25, -0.2) is 8.42 Å². The van der Waals surface area contributed by atoms with E-state index >= 15 is 0 Å². The van der Waals surface area contributed by atoms with Crippen molar-refractivity contribution < 1.29 is 8.42 Å². The first kappa shape index (κ1) is 12.3. The second-order valence-corrected chi connectivity index (χ2v) is 6.85. The van der Waals surface area contributed by atoms with E-state index in [-0.39, 0.29) is 0 Å². The highest BCUT2D eigenvalue weighted by Crippen LogP contribution is 2.52. The summed E-state index contributed by atoms with van der Waals surface area (Å²) in [6, 6.07) is 7.69. The van der Waals surface area contributed by atoms with Gasteiger partial charge in [0.25, 0.3) is 0 Å². The third-order valence-electron chi connectivity index (χ3n) is 3.30. The lowest BCUT2D eigenvalue weighted by molar-refractivity contribution is 0.586. The van der Waals surface area contributed by atoms with Crippen LogP contribution in [0.4, 0.5) is 0 Å². The molecule has 0 radical (unpaired) electrons. The van der Waals surface area contributed by atoms with Gasteiger partial charge in [0.05, 0.1) is 4.75 Å². The topological polar surface area (TPSA) is 60.2 Å². The number of nitrogens with two attached hydrogens (primary N) is 1. The molecule has 0 amide bonds. The van der Waals surface area contributed by atoms with E-state index in [4.69, 9.17) is 5.73 Å². The summed E-state index contributed by atoms with van der Waals surface area (Å²) < 4.78 is 22.9. The molecule has 1 fully saturated rings. The highest BCUT2D eigenvalue weighted by atomic mass is 32.2. The van der Waals surface area contributed by atoms with Crippen molar-refractivity contribution in [3.05, 3.63) is 41.5 Å². The van der Waals surface area contributed by atoms with Crippen LogP contribution in [0, 0.1) is 0 Å². The van der Waals surface area contributed by atoms with Crippen molar-refractivity contribution in [3.63, 3.8) is 0 Å². The smallest absolute Gasteiger partial charge is 0.157 e. The molecule has 0 aliphatic heterocycles. The van der Waals surface area contributed by atoms with Gasteiger partial charge in [-0.05, 0) is 24.0 Å². The zero-order chi connectivity index (χ0) is 12.5. The summed E-state index contributed by atoms with van der Waals surface area (Å²) in [6.07, 6.45) is 6.61. The molecule has 0 aromatic heterocycles. The van der Waals surface area contributed by atoms with Crippen LogP contribution in [0.15, 0.2) is 30.3 Å². The molecule has 4 heteroatoms. The lowest BCUT2D eigenvalue weighted by Gasteiger charge is -2.13. The summed E-state index contributed by atoms with van der Waals surface area (Å²) in [5.41, 5.74) is 7.33. The first-order valence-electron chi connectivity index (χ1n) is 5.66. The van der Waals surface area contributed by atoms with E-state index in [1.807, 2.05) is 36.4 Å². The maximum Gasteiger partial charge on any atom is 0.157 e. The van der Waals surface area contributed by atoms with Gasteiger partial charge in [0.2, 0.25) is 0 Å². The van der Waals surface area contributed by atoms with Crippen molar-refractivity contribution in [1.82, 2.24) is 0 Å². The van der Waals surface area contributed by atoms with Gasteiger partial charge in [0, 0.05) is 12.8 Å². The number of benzene rings is 1. The second kappa shape index (κ2) is 4.27. The Morgan fingerprint density at radius 2 is 1.88 bits per heavy atom. The average Bonchev–Trinajstić information content (AvgIpc) is 3.07. The van der Waals surface area contributed by atoms with E-state index in [1.54, 1.807) is 0 Å². The summed E-state index contributed by atoms with van der Waals surface area (Å²) >= 11 is 0. The van der Waals surface area contributed by atoms with Crippen molar-refractivity contribution in [1.29, 1.82) is 0 Å². The quantitative estimate of drug-likeness (QED) is 0.886. The van der Waals surface area contributed by atoms with Gasteiger partial charge in [-0.2, -0.15) is 0 Å². The van der Waals surface area contributed by atoms with Crippen LogP contribution in [0.5, 0.6) is 0 Å². The van der Waals surface area contributed by atoms with E-state index in [0.29, 0.717) is 6.54 Å². The Morgan fingerprint density at radius 1 is 1.29 bits per heavy atom. The molecule has 92 valence electrons. The monoisotopic (exact) mass is 251 g/mol. The lowest BCUT2D eigenvalue weighted by Crippen LogP contribution is -2.19. The normalized spacial score (nSPS) is 18.5. The van der Waals surface area contributed by atoms with Gasteiger partial charge in [-0.15, -0.1) is 0 Å². The minimum atomic E-state index is -3.01. The molecule has 1 aromatic rings. The van der Waals surface area contributed by atoms with Gasteiger partial charge in [-0.1, -0.05) is 36.4 Å². The van der Waals surface area contributed by atoms with E-state index in [2.05, 4.69) is 0 Å². The fraction of sp³-hybridized carbons (Fsp3) is 0.385. The fourth-order valence-electron chi connectivity index (χ4n) is 2.09. The van der Waals surface area contributed by atoms with Crippen LogP contribution >= 0.6 is 0 Å². The zero-order valence-electron chi connectivity index (χ0n) is 9.89. The van der Waals surface area contributed by atoms with Gasteiger partial charge in [0.15, 0.2) is 9.84 Å². The van der Waals surface area contributed by atoms with Crippen molar-refractivity contribution in [2.45, 2.75) is 17.6 Å². The molecule has 0 spiro atoms. The molecular weight excluding hydrogens is 234 g/mol. The van der Waals surface area contributed by atoms with Crippen molar-refractivity contribution >= 4 is 15.9 Å². The molecule has 1 saturated carbocycles. The second-order valence-electron chi connectivity index (χ2n) is 4.53.